The monoisotopic (exact) mass is 500 g/mol. The van der Waals surface area contributed by atoms with Gasteiger partial charge in [-0.3, -0.25) is 10.1 Å². The number of hydrogen-bond donors (Lipinski definition) is 3. The average molecular weight is 500 g/mol. The molecule has 0 saturated carbocycles. The van der Waals surface area contributed by atoms with E-state index in [4.69, 9.17) is 4.74 Å². The number of nitro benzene ring substituents is 1. The summed E-state index contributed by atoms with van der Waals surface area (Å²) in [7, 11) is 0. The first-order chi connectivity index (χ1) is 13.1. The summed E-state index contributed by atoms with van der Waals surface area (Å²) in [6, 6.07) is 15.6. The fourth-order valence-electron chi connectivity index (χ4n) is 2.23. The first-order valence-corrected chi connectivity index (χ1v) is 8.70. The highest BCUT2D eigenvalue weighted by molar-refractivity contribution is 14.0. The molecule has 0 saturated heterocycles. The molecular formula is C19H25IN4O4. The lowest BCUT2D eigenvalue weighted by molar-refractivity contribution is -0.384. The quantitative estimate of drug-likeness (QED) is 0.161. The van der Waals surface area contributed by atoms with Crippen LogP contribution in [0.3, 0.4) is 0 Å². The van der Waals surface area contributed by atoms with Gasteiger partial charge in [-0.05, 0) is 24.6 Å². The highest BCUT2D eigenvalue weighted by atomic mass is 127. The predicted octanol–water partition coefficient (Wildman–Crippen LogP) is 2.71. The van der Waals surface area contributed by atoms with E-state index >= 15 is 0 Å². The fourth-order valence-corrected chi connectivity index (χ4v) is 2.23. The number of non-ortho nitro benzene ring substituents is 1. The molecule has 0 aliphatic heterocycles. The number of aliphatic hydroxyl groups excluding tert-OH is 1. The molecule has 1 unspecified atom stereocenters. The zero-order valence-corrected chi connectivity index (χ0v) is 17.9. The Morgan fingerprint density at radius 3 is 2.46 bits per heavy atom. The van der Waals surface area contributed by atoms with Crippen LogP contribution in [0.15, 0.2) is 59.6 Å². The lowest BCUT2D eigenvalue weighted by Crippen LogP contribution is -2.42. The molecule has 28 heavy (non-hydrogen) atoms. The molecular weight excluding hydrogens is 475 g/mol. The fraction of sp³-hybridized carbons (Fsp3) is 0.316. The minimum absolute atomic E-state index is 0. The van der Waals surface area contributed by atoms with Crippen molar-refractivity contribution < 1.29 is 14.8 Å². The van der Waals surface area contributed by atoms with E-state index in [-0.39, 0.29) is 42.8 Å². The van der Waals surface area contributed by atoms with Crippen molar-refractivity contribution in [1.82, 2.24) is 10.6 Å². The van der Waals surface area contributed by atoms with Gasteiger partial charge in [0.15, 0.2) is 5.96 Å². The number of rotatable bonds is 9. The van der Waals surface area contributed by atoms with E-state index in [9.17, 15) is 15.2 Å². The summed E-state index contributed by atoms with van der Waals surface area (Å²) < 4.78 is 5.45. The van der Waals surface area contributed by atoms with Crippen LogP contribution in [0, 0.1) is 10.1 Å². The van der Waals surface area contributed by atoms with Crippen LogP contribution < -0.4 is 15.4 Å². The highest BCUT2D eigenvalue weighted by Crippen LogP contribution is 2.17. The van der Waals surface area contributed by atoms with Gasteiger partial charge in [-0.15, -0.1) is 24.0 Å². The molecule has 0 amide bonds. The first-order valence-electron chi connectivity index (χ1n) is 8.70. The Morgan fingerprint density at radius 1 is 1.18 bits per heavy atom. The van der Waals surface area contributed by atoms with Gasteiger partial charge < -0.3 is 20.5 Å². The van der Waals surface area contributed by atoms with Gasteiger partial charge in [0.1, 0.15) is 18.5 Å². The molecule has 2 aromatic carbocycles. The number of halogens is 1. The maximum atomic E-state index is 10.6. The second-order valence-electron chi connectivity index (χ2n) is 5.78. The SMILES string of the molecule is CCNC(=NCc1ccccc1)NCC(O)COc1ccc([N+](=O)[O-])cc1.I. The van der Waals surface area contributed by atoms with Gasteiger partial charge in [-0.1, -0.05) is 30.3 Å². The smallest absolute Gasteiger partial charge is 0.269 e. The van der Waals surface area contributed by atoms with E-state index in [1.807, 2.05) is 37.3 Å². The third-order valence-corrected chi connectivity index (χ3v) is 3.60. The van der Waals surface area contributed by atoms with E-state index in [0.717, 1.165) is 5.56 Å². The molecule has 0 radical (unpaired) electrons. The van der Waals surface area contributed by atoms with Crippen LogP contribution in [0.5, 0.6) is 5.75 Å². The number of aliphatic imine (C=N–C) groups is 1. The van der Waals surface area contributed by atoms with Crippen LogP contribution in [-0.4, -0.2) is 41.8 Å². The second kappa shape index (κ2) is 12.9. The van der Waals surface area contributed by atoms with Crippen molar-refractivity contribution in [1.29, 1.82) is 0 Å². The predicted molar refractivity (Wildman–Crippen MR) is 119 cm³/mol. The Morgan fingerprint density at radius 2 is 1.86 bits per heavy atom. The Bertz CT molecular complexity index is 741. The van der Waals surface area contributed by atoms with Gasteiger partial charge in [0, 0.05) is 25.2 Å². The molecule has 152 valence electrons. The zero-order chi connectivity index (χ0) is 19.5. The molecule has 1 atom stereocenters. The molecule has 0 fully saturated rings. The van der Waals surface area contributed by atoms with Crippen LogP contribution in [0.2, 0.25) is 0 Å². The topological polar surface area (TPSA) is 109 Å². The third-order valence-electron chi connectivity index (χ3n) is 3.60. The number of guanidine groups is 1. The van der Waals surface area contributed by atoms with Crippen LogP contribution in [0.25, 0.3) is 0 Å². The molecule has 0 spiro atoms. The number of nitrogens with one attached hydrogen (secondary N) is 2. The molecule has 0 aliphatic rings. The van der Waals surface area contributed by atoms with Crippen molar-refractivity contribution in [2.45, 2.75) is 19.6 Å². The standard InChI is InChI=1S/C19H24N4O4.HI/c1-2-20-19(21-12-15-6-4-3-5-7-15)22-13-17(24)14-27-18-10-8-16(9-11-18)23(25)26;/h3-11,17,24H,2,12-14H2,1H3,(H2,20,21,22);1H. The van der Waals surface area contributed by atoms with Crippen molar-refractivity contribution in [3.63, 3.8) is 0 Å². The van der Waals surface area contributed by atoms with E-state index in [0.29, 0.717) is 24.8 Å². The van der Waals surface area contributed by atoms with Crippen molar-refractivity contribution in [2.75, 3.05) is 19.7 Å². The molecule has 9 heteroatoms. The van der Waals surface area contributed by atoms with Crippen molar-refractivity contribution in [3.05, 3.63) is 70.3 Å². The first kappa shape index (κ1) is 23.6. The number of aliphatic hydroxyl groups is 1. The van der Waals surface area contributed by atoms with Crippen molar-refractivity contribution >= 4 is 35.6 Å². The summed E-state index contributed by atoms with van der Waals surface area (Å²) in [4.78, 5) is 14.6. The molecule has 0 aromatic heterocycles. The summed E-state index contributed by atoms with van der Waals surface area (Å²) in [5.41, 5.74) is 1.09. The molecule has 0 heterocycles. The number of ether oxygens (including phenoxy) is 1. The van der Waals surface area contributed by atoms with E-state index in [2.05, 4.69) is 15.6 Å². The largest absolute Gasteiger partial charge is 0.491 e. The van der Waals surface area contributed by atoms with Crippen molar-refractivity contribution in [3.8, 4) is 5.75 Å². The molecule has 2 rings (SSSR count). The van der Waals surface area contributed by atoms with Gasteiger partial charge >= 0.3 is 0 Å². The van der Waals surface area contributed by atoms with Crippen LogP contribution >= 0.6 is 24.0 Å². The average Bonchev–Trinajstić information content (AvgIpc) is 2.69. The maximum Gasteiger partial charge on any atom is 0.269 e. The summed E-state index contributed by atoms with van der Waals surface area (Å²) in [6.45, 7) is 3.52. The van der Waals surface area contributed by atoms with Crippen molar-refractivity contribution in [2.24, 2.45) is 4.99 Å². The minimum Gasteiger partial charge on any atom is -0.491 e. The number of nitro groups is 1. The van der Waals surface area contributed by atoms with Gasteiger partial charge in [0.25, 0.3) is 5.69 Å². The lowest BCUT2D eigenvalue weighted by Gasteiger charge is -2.16. The molecule has 8 nitrogen and oxygen atoms in total. The van der Waals surface area contributed by atoms with Crippen LogP contribution in [0.4, 0.5) is 5.69 Å². The summed E-state index contributed by atoms with van der Waals surface area (Å²) in [5, 5.41) is 26.9. The highest BCUT2D eigenvalue weighted by Gasteiger charge is 2.09. The van der Waals surface area contributed by atoms with Crippen LogP contribution in [-0.2, 0) is 6.54 Å². The summed E-state index contributed by atoms with van der Waals surface area (Å²) in [6.07, 6.45) is -0.763. The second-order valence-corrected chi connectivity index (χ2v) is 5.78. The molecule has 0 bridgehead atoms. The van der Waals surface area contributed by atoms with E-state index in [1.165, 1.54) is 24.3 Å². The summed E-state index contributed by atoms with van der Waals surface area (Å²) in [5.74, 6) is 1.07. The molecule has 0 aliphatic carbocycles. The Kier molecular flexibility index (Phi) is 10.9. The maximum absolute atomic E-state index is 10.6. The van der Waals surface area contributed by atoms with E-state index in [1.54, 1.807) is 0 Å². The van der Waals surface area contributed by atoms with Gasteiger partial charge in [-0.25, -0.2) is 4.99 Å². The normalized spacial score (nSPS) is 11.9. The Hall–Kier alpha value is -2.40. The number of hydrogen-bond acceptors (Lipinski definition) is 5. The van der Waals surface area contributed by atoms with E-state index < -0.39 is 11.0 Å². The van der Waals surface area contributed by atoms with Crippen LogP contribution in [0.1, 0.15) is 12.5 Å². The molecule has 2 aromatic rings. The lowest BCUT2D eigenvalue weighted by atomic mass is 10.2. The Balaban J connectivity index is 0.00000392. The third kappa shape index (κ3) is 8.53. The van der Waals surface area contributed by atoms with Gasteiger partial charge in [0.05, 0.1) is 11.5 Å². The minimum atomic E-state index is -0.763. The Labute approximate surface area is 181 Å². The molecule has 3 N–H and O–H groups in total. The van der Waals surface area contributed by atoms with Gasteiger partial charge in [-0.2, -0.15) is 0 Å². The number of benzene rings is 2. The zero-order valence-electron chi connectivity index (χ0n) is 15.6. The van der Waals surface area contributed by atoms with Gasteiger partial charge in [0.2, 0.25) is 0 Å². The summed E-state index contributed by atoms with van der Waals surface area (Å²) >= 11 is 0. The number of nitrogens with zero attached hydrogens (tertiary/aromatic N) is 2.